The second-order valence-electron chi connectivity index (χ2n) is 4.96. The Bertz CT molecular complexity index is 345. The van der Waals surface area contributed by atoms with Crippen molar-refractivity contribution < 1.29 is 9.90 Å². The lowest BCUT2D eigenvalue weighted by molar-refractivity contribution is -0.144. The molecule has 0 aliphatic heterocycles. The van der Waals surface area contributed by atoms with Crippen LogP contribution in [0.25, 0.3) is 0 Å². The molecule has 0 bridgehead atoms. The molecule has 1 N–H and O–H groups in total. The Morgan fingerprint density at radius 1 is 1.35 bits per heavy atom. The first-order valence-electron chi connectivity index (χ1n) is 6.52. The van der Waals surface area contributed by atoms with E-state index in [9.17, 15) is 9.90 Å². The van der Waals surface area contributed by atoms with Crippen molar-refractivity contribution >= 4 is 17.3 Å². The Kier molecular flexibility index (Phi) is 4.60. The molecule has 0 saturated heterocycles. The summed E-state index contributed by atoms with van der Waals surface area (Å²) in [6.45, 7) is 0. The first-order valence-corrected chi connectivity index (χ1v) is 7.40. The molecule has 0 radical (unpaired) electrons. The summed E-state index contributed by atoms with van der Waals surface area (Å²) >= 11 is 1.78. The van der Waals surface area contributed by atoms with Gasteiger partial charge >= 0.3 is 5.97 Å². The van der Waals surface area contributed by atoms with Gasteiger partial charge in [0.05, 0.1) is 5.92 Å². The topological polar surface area (TPSA) is 37.3 Å². The normalized spacial score (nSPS) is 25.4. The highest BCUT2D eigenvalue weighted by molar-refractivity contribution is 7.09. The van der Waals surface area contributed by atoms with E-state index in [-0.39, 0.29) is 5.92 Å². The van der Waals surface area contributed by atoms with Crippen LogP contribution < -0.4 is 0 Å². The molecule has 1 aliphatic rings. The van der Waals surface area contributed by atoms with Crippen molar-refractivity contribution in [2.24, 2.45) is 11.8 Å². The maximum atomic E-state index is 11.3. The monoisotopic (exact) mass is 252 g/mol. The van der Waals surface area contributed by atoms with Crippen LogP contribution >= 0.6 is 11.3 Å². The zero-order valence-corrected chi connectivity index (χ0v) is 10.9. The van der Waals surface area contributed by atoms with Gasteiger partial charge in [-0.1, -0.05) is 25.3 Å². The van der Waals surface area contributed by atoms with Gasteiger partial charge in [-0.15, -0.1) is 11.3 Å². The second kappa shape index (κ2) is 6.20. The smallest absolute Gasteiger partial charge is 0.306 e. The summed E-state index contributed by atoms with van der Waals surface area (Å²) in [6, 6.07) is 4.22. The fourth-order valence-electron chi connectivity index (χ4n) is 2.84. The van der Waals surface area contributed by atoms with E-state index in [0.29, 0.717) is 5.92 Å². The Morgan fingerprint density at radius 2 is 2.18 bits per heavy atom. The molecule has 3 heteroatoms. The van der Waals surface area contributed by atoms with E-state index in [1.54, 1.807) is 11.3 Å². The van der Waals surface area contributed by atoms with Crippen molar-refractivity contribution in [2.75, 3.05) is 0 Å². The van der Waals surface area contributed by atoms with E-state index >= 15 is 0 Å². The SMILES string of the molecule is O=C(O)C1CCCCCC1CCc1cccs1. The Balaban J connectivity index is 1.93. The van der Waals surface area contributed by atoms with Crippen molar-refractivity contribution in [3.05, 3.63) is 22.4 Å². The van der Waals surface area contributed by atoms with Crippen LogP contribution in [-0.2, 0) is 11.2 Å². The lowest BCUT2D eigenvalue weighted by atomic mass is 9.84. The van der Waals surface area contributed by atoms with E-state index in [0.717, 1.165) is 32.1 Å². The van der Waals surface area contributed by atoms with E-state index in [1.165, 1.54) is 17.7 Å². The highest BCUT2D eigenvalue weighted by atomic mass is 32.1. The third-order valence-electron chi connectivity index (χ3n) is 3.82. The van der Waals surface area contributed by atoms with Crippen LogP contribution in [-0.4, -0.2) is 11.1 Å². The summed E-state index contributed by atoms with van der Waals surface area (Å²) in [5.74, 6) is -0.294. The summed E-state index contributed by atoms with van der Waals surface area (Å²) in [5, 5.41) is 11.4. The summed E-state index contributed by atoms with van der Waals surface area (Å²) in [7, 11) is 0. The van der Waals surface area contributed by atoms with Gasteiger partial charge in [-0.3, -0.25) is 4.79 Å². The van der Waals surface area contributed by atoms with Gasteiger partial charge in [0.1, 0.15) is 0 Å². The van der Waals surface area contributed by atoms with E-state index in [1.807, 2.05) is 0 Å². The van der Waals surface area contributed by atoms with Crippen LogP contribution in [0.1, 0.15) is 43.4 Å². The largest absolute Gasteiger partial charge is 0.481 e. The van der Waals surface area contributed by atoms with Gasteiger partial charge in [0, 0.05) is 4.88 Å². The molecule has 1 fully saturated rings. The van der Waals surface area contributed by atoms with Gasteiger partial charge < -0.3 is 5.11 Å². The highest BCUT2D eigenvalue weighted by Gasteiger charge is 2.28. The Hall–Kier alpha value is -0.830. The summed E-state index contributed by atoms with van der Waals surface area (Å²) < 4.78 is 0. The van der Waals surface area contributed by atoms with Crippen molar-refractivity contribution in [3.63, 3.8) is 0 Å². The summed E-state index contributed by atoms with van der Waals surface area (Å²) in [6.07, 6.45) is 7.57. The van der Waals surface area contributed by atoms with E-state index in [2.05, 4.69) is 17.5 Å². The number of thiophene rings is 1. The molecule has 1 saturated carbocycles. The summed E-state index contributed by atoms with van der Waals surface area (Å²) in [5.41, 5.74) is 0. The molecular formula is C14H20O2S. The standard InChI is InChI=1S/C14H20O2S/c15-14(16)13-7-3-1-2-5-11(13)8-9-12-6-4-10-17-12/h4,6,10-11,13H,1-3,5,7-9H2,(H,15,16). The van der Waals surface area contributed by atoms with Gasteiger partial charge in [-0.2, -0.15) is 0 Å². The van der Waals surface area contributed by atoms with E-state index in [4.69, 9.17) is 0 Å². The van der Waals surface area contributed by atoms with Crippen LogP contribution in [0.15, 0.2) is 17.5 Å². The average Bonchev–Trinajstić information content (AvgIpc) is 2.70. The fraction of sp³-hybridized carbons (Fsp3) is 0.643. The molecule has 94 valence electrons. The number of aliphatic carboxylic acids is 1. The molecule has 2 nitrogen and oxygen atoms in total. The maximum absolute atomic E-state index is 11.3. The Labute approximate surface area is 107 Å². The number of carbonyl (C=O) groups is 1. The van der Waals surface area contributed by atoms with Crippen molar-refractivity contribution in [1.29, 1.82) is 0 Å². The molecule has 2 atom stereocenters. The van der Waals surface area contributed by atoms with E-state index < -0.39 is 5.97 Å². The van der Waals surface area contributed by atoms with Gasteiger partial charge in [-0.25, -0.2) is 0 Å². The molecule has 1 aromatic rings. The van der Waals surface area contributed by atoms with Crippen LogP contribution in [0, 0.1) is 11.8 Å². The van der Waals surface area contributed by atoms with Crippen LogP contribution in [0.4, 0.5) is 0 Å². The maximum Gasteiger partial charge on any atom is 0.306 e. The quantitative estimate of drug-likeness (QED) is 0.823. The van der Waals surface area contributed by atoms with Gasteiger partial charge in [0.15, 0.2) is 0 Å². The number of hydrogen-bond donors (Lipinski definition) is 1. The number of rotatable bonds is 4. The van der Waals surface area contributed by atoms with Crippen molar-refractivity contribution in [1.82, 2.24) is 0 Å². The van der Waals surface area contributed by atoms with Crippen molar-refractivity contribution in [3.8, 4) is 0 Å². The molecule has 2 rings (SSSR count). The zero-order chi connectivity index (χ0) is 12.1. The predicted molar refractivity (Wildman–Crippen MR) is 70.3 cm³/mol. The second-order valence-corrected chi connectivity index (χ2v) is 5.99. The third kappa shape index (κ3) is 3.56. The zero-order valence-electron chi connectivity index (χ0n) is 10.1. The first kappa shape index (κ1) is 12.6. The number of carboxylic acids is 1. The lowest BCUT2D eigenvalue weighted by Gasteiger charge is -2.21. The molecular weight excluding hydrogens is 232 g/mol. The van der Waals surface area contributed by atoms with Crippen LogP contribution in [0.5, 0.6) is 0 Å². The minimum absolute atomic E-state index is 0.0996. The van der Waals surface area contributed by atoms with Crippen LogP contribution in [0.3, 0.4) is 0 Å². The molecule has 0 aromatic carbocycles. The summed E-state index contributed by atoms with van der Waals surface area (Å²) in [4.78, 5) is 12.7. The van der Waals surface area contributed by atoms with Gasteiger partial charge in [-0.05, 0) is 43.0 Å². The predicted octanol–water partition coefficient (Wildman–Crippen LogP) is 3.96. The highest BCUT2D eigenvalue weighted by Crippen LogP contribution is 2.32. The average molecular weight is 252 g/mol. The number of hydrogen-bond acceptors (Lipinski definition) is 2. The Morgan fingerprint density at radius 3 is 2.88 bits per heavy atom. The molecule has 0 spiro atoms. The molecule has 1 aromatic heterocycles. The van der Waals surface area contributed by atoms with Gasteiger partial charge in [0.2, 0.25) is 0 Å². The molecule has 2 unspecified atom stereocenters. The first-order chi connectivity index (χ1) is 8.27. The number of aryl methyl sites for hydroxylation is 1. The lowest BCUT2D eigenvalue weighted by Crippen LogP contribution is -2.23. The van der Waals surface area contributed by atoms with Crippen molar-refractivity contribution in [2.45, 2.75) is 44.9 Å². The third-order valence-corrected chi connectivity index (χ3v) is 4.75. The van der Waals surface area contributed by atoms with Crippen LogP contribution in [0.2, 0.25) is 0 Å². The minimum Gasteiger partial charge on any atom is -0.481 e. The molecule has 1 aliphatic carbocycles. The molecule has 0 amide bonds. The molecule has 17 heavy (non-hydrogen) atoms. The fourth-order valence-corrected chi connectivity index (χ4v) is 3.56. The van der Waals surface area contributed by atoms with Gasteiger partial charge in [0.25, 0.3) is 0 Å². The number of carboxylic acid groups (broad SMARTS) is 1. The minimum atomic E-state index is -0.580. The molecule has 1 heterocycles.